The van der Waals surface area contributed by atoms with Gasteiger partial charge in [-0.05, 0) is 13.8 Å². The molecule has 0 aliphatic heterocycles. The molecule has 1 N–H and O–H groups in total. The summed E-state index contributed by atoms with van der Waals surface area (Å²) in [5.41, 5.74) is 0.204. The molecule has 1 amide bonds. The summed E-state index contributed by atoms with van der Waals surface area (Å²) in [5.74, 6) is 0.416. The second-order valence-electron chi connectivity index (χ2n) is 5.08. The van der Waals surface area contributed by atoms with E-state index in [4.69, 9.17) is 11.6 Å². The Morgan fingerprint density at radius 2 is 2.00 bits per heavy atom. The highest BCUT2D eigenvalue weighted by Gasteiger charge is 2.19. The number of thiazole rings is 1. The summed E-state index contributed by atoms with van der Waals surface area (Å²) in [6.45, 7) is 7.79. The smallest absolute Gasteiger partial charge is 0.272 e. The number of amides is 1. The van der Waals surface area contributed by atoms with Crippen molar-refractivity contribution in [2.24, 2.45) is 0 Å². The number of nitrogens with zero attached hydrogens (tertiary/aromatic N) is 3. The number of aryl methyl sites for hydroxylation is 1. The van der Waals surface area contributed by atoms with Crippen molar-refractivity contribution in [3.8, 4) is 0 Å². The van der Waals surface area contributed by atoms with Crippen molar-refractivity contribution in [3.63, 3.8) is 0 Å². The Hall–Kier alpha value is -1.53. The van der Waals surface area contributed by atoms with Crippen LogP contribution in [0.4, 0.5) is 0 Å². The van der Waals surface area contributed by atoms with Crippen LogP contribution in [0.5, 0.6) is 0 Å². The van der Waals surface area contributed by atoms with E-state index in [1.165, 1.54) is 6.20 Å². The number of carbonyl (C=O) groups excluding carboxylic acids is 1. The number of rotatable bonds is 4. The van der Waals surface area contributed by atoms with Crippen LogP contribution in [0.1, 0.15) is 58.9 Å². The summed E-state index contributed by atoms with van der Waals surface area (Å²) < 4.78 is 0. The maximum Gasteiger partial charge on any atom is 0.272 e. The van der Waals surface area contributed by atoms with Gasteiger partial charge in [-0.2, -0.15) is 0 Å². The highest BCUT2D eigenvalue weighted by molar-refractivity contribution is 7.11. The average Bonchev–Trinajstić information content (AvgIpc) is 2.85. The molecule has 2 aromatic heterocycles. The maximum absolute atomic E-state index is 12.3. The van der Waals surface area contributed by atoms with Gasteiger partial charge in [-0.15, -0.1) is 11.3 Å². The SMILES string of the molecule is Cc1cnc(C(C)NC(=O)c2nc(C(C)C)ncc2Cl)s1. The fraction of sp³-hybridized carbons (Fsp3) is 0.429. The molecule has 1 atom stereocenters. The van der Waals surface area contributed by atoms with Gasteiger partial charge >= 0.3 is 0 Å². The minimum atomic E-state index is -0.315. The van der Waals surface area contributed by atoms with E-state index in [9.17, 15) is 4.79 Å². The number of aromatic nitrogens is 3. The lowest BCUT2D eigenvalue weighted by atomic mass is 10.2. The summed E-state index contributed by atoms with van der Waals surface area (Å²) in [4.78, 5) is 26.1. The van der Waals surface area contributed by atoms with Gasteiger partial charge in [0.2, 0.25) is 0 Å². The first-order valence-corrected chi connectivity index (χ1v) is 7.83. The van der Waals surface area contributed by atoms with E-state index in [0.29, 0.717) is 5.82 Å². The Morgan fingerprint density at radius 3 is 2.57 bits per heavy atom. The molecule has 7 heteroatoms. The lowest BCUT2D eigenvalue weighted by molar-refractivity contribution is 0.0934. The summed E-state index contributed by atoms with van der Waals surface area (Å²) in [7, 11) is 0. The molecule has 0 aliphatic rings. The van der Waals surface area contributed by atoms with E-state index in [2.05, 4.69) is 20.3 Å². The van der Waals surface area contributed by atoms with E-state index in [0.717, 1.165) is 9.88 Å². The van der Waals surface area contributed by atoms with Crippen molar-refractivity contribution in [2.75, 3.05) is 0 Å². The predicted octanol–water partition coefficient (Wildman–Crippen LogP) is 3.51. The molecule has 2 aromatic rings. The molecule has 0 spiro atoms. The van der Waals surface area contributed by atoms with E-state index in [-0.39, 0.29) is 28.6 Å². The molecule has 112 valence electrons. The molecule has 0 radical (unpaired) electrons. The van der Waals surface area contributed by atoms with Crippen LogP contribution < -0.4 is 5.32 Å². The van der Waals surface area contributed by atoms with Gasteiger partial charge in [-0.25, -0.2) is 15.0 Å². The second kappa shape index (κ2) is 6.49. The third-order valence-electron chi connectivity index (χ3n) is 2.85. The number of hydrogen-bond donors (Lipinski definition) is 1. The molecule has 5 nitrogen and oxygen atoms in total. The van der Waals surface area contributed by atoms with Gasteiger partial charge in [0.05, 0.1) is 17.3 Å². The van der Waals surface area contributed by atoms with Crippen LogP contribution in [-0.4, -0.2) is 20.9 Å². The third kappa shape index (κ3) is 3.77. The predicted molar refractivity (Wildman–Crippen MR) is 83.9 cm³/mol. The highest BCUT2D eigenvalue weighted by Crippen LogP contribution is 2.21. The monoisotopic (exact) mass is 324 g/mol. The number of carbonyl (C=O) groups is 1. The first-order valence-electron chi connectivity index (χ1n) is 6.64. The molecule has 0 bridgehead atoms. The van der Waals surface area contributed by atoms with E-state index in [1.807, 2.05) is 27.7 Å². The van der Waals surface area contributed by atoms with Gasteiger partial charge in [0.25, 0.3) is 5.91 Å². The van der Waals surface area contributed by atoms with Gasteiger partial charge in [-0.1, -0.05) is 25.4 Å². The molecule has 0 aromatic carbocycles. The fourth-order valence-corrected chi connectivity index (χ4v) is 2.67. The molecule has 21 heavy (non-hydrogen) atoms. The normalized spacial score (nSPS) is 12.5. The van der Waals surface area contributed by atoms with E-state index >= 15 is 0 Å². The minimum absolute atomic E-state index is 0.132. The van der Waals surface area contributed by atoms with Crippen LogP contribution in [0.3, 0.4) is 0 Å². The summed E-state index contributed by atoms with van der Waals surface area (Å²) >= 11 is 7.58. The van der Waals surface area contributed by atoms with Crippen molar-refractivity contribution in [1.82, 2.24) is 20.3 Å². The van der Waals surface area contributed by atoms with Crippen LogP contribution in [0.2, 0.25) is 5.02 Å². The Balaban J connectivity index is 2.18. The lowest BCUT2D eigenvalue weighted by Crippen LogP contribution is -2.28. The molecule has 2 rings (SSSR count). The first kappa shape index (κ1) is 15.9. The molecular weight excluding hydrogens is 308 g/mol. The van der Waals surface area contributed by atoms with E-state index in [1.54, 1.807) is 17.5 Å². The Bertz CT molecular complexity index is 656. The van der Waals surface area contributed by atoms with Gasteiger partial charge in [0.1, 0.15) is 16.5 Å². The zero-order chi connectivity index (χ0) is 15.6. The molecule has 1 unspecified atom stereocenters. The number of halogens is 1. The second-order valence-corrected chi connectivity index (χ2v) is 6.76. The minimum Gasteiger partial charge on any atom is -0.342 e. The highest BCUT2D eigenvalue weighted by atomic mass is 35.5. The molecular formula is C14H17ClN4OS. The summed E-state index contributed by atoms with van der Waals surface area (Å²) in [6, 6.07) is -0.190. The molecule has 0 aliphatic carbocycles. The van der Waals surface area contributed by atoms with Crippen LogP contribution in [0, 0.1) is 6.92 Å². The maximum atomic E-state index is 12.3. The third-order valence-corrected chi connectivity index (χ3v) is 4.22. The molecule has 2 heterocycles. The molecule has 0 saturated carbocycles. The Kier molecular flexibility index (Phi) is 4.90. The molecule has 0 saturated heterocycles. The van der Waals surface area contributed by atoms with Gasteiger partial charge in [0.15, 0.2) is 0 Å². The van der Waals surface area contributed by atoms with Crippen LogP contribution in [0.25, 0.3) is 0 Å². The van der Waals surface area contributed by atoms with Crippen LogP contribution >= 0.6 is 22.9 Å². The number of hydrogen-bond acceptors (Lipinski definition) is 5. The van der Waals surface area contributed by atoms with Crippen molar-refractivity contribution < 1.29 is 4.79 Å². The zero-order valence-corrected chi connectivity index (χ0v) is 13.9. The van der Waals surface area contributed by atoms with Crippen molar-refractivity contribution >= 4 is 28.8 Å². The van der Waals surface area contributed by atoms with Crippen LogP contribution in [0.15, 0.2) is 12.4 Å². The van der Waals surface area contributed by atoms with E-state index < -0.39 is 0 Å². The average molecular weight is 325 g/mol. The van der Waals surface area contributed by atoms with Crippen molar-refractivity contribution in [1.29, 1.82) is 0 Å². The largest absolute Gasteiger partial charge is 0.342 e. The Morgan fingerprint density at radius 1 is 1.29 bits per heavy atom. The van der Waals surface area contributed by atoms with Crippen molar-refractivity contribution in [3.05, 3.63) is 38.8 Å². The summed E-state index contributed by atoms with van der Waals surface area (Å²) in [6.07, 6.45) is 3.26. The molecule has 0 fully saturated rings. The topological polar surface area (TPSA) is 67.8 Å². The standard InChI is InChI=1S/C14H17ClN4OS/c1-7(2)12-16-6-10(15)11(19-12)13(20)18-9(4)14-17-5-8(3)21-14/h5-7,9H,1-4H3,(H,18,20). The van der Waals surface area contributed by atoms with Gasteiger partial charge in [-0.3, -0.25) is 4.79 Å². The fourth-order valence-electron chi connectivity index (χ4n) is 1.72. The number of nitrogens with one attached hydrogen (secondary N) is 1. The van der Waals surface area contributed by atoms with Crippen molar-refractivity contribution in [2.45, 2.75) is 39.7 Å². The van der Waals surface area contributed by atoms with Gasteiger partial charge in [0, 0.05) is 17.0 Å². The zero-order valence-electron chi connectivity index (χ0n) is 12.3. The van der Waals surface area contributed by atoms with Gasteiger partial charge < -0.3 is 5.32 Å². The Labute approximate surface area is 132 Å². The lowest BCUT2D eigenvalue weighted by Gasteiger charge is -2.12. The summed E-state index contributed by atoms with van der Waals surface area (Å²) in [5, 5.41) is 3.97. The first-order chi connectivity index (χ1) is 9.88. The van der Waals surface area contributed by atoms with Crippen LogP contribution in [-0.2, 0) is 0 Å². The quantitative estimate of drug-likeness (QED) is 0.934.